The Morgan fingerprint density at radius 2 is 1.62 bits per heavy atom. The van der Waals surface area contributed by atoms with Gasteiger partial charge in [-0.05, 0) is 0 Å². The molecule has 0 atom stereocenters. The molecule has 0 fully saturated rings. The van der Waals surface area contributed by atoms with E-state index in [0.29, 0.717) is 26.4 Å². The Hall–Kier alpha value is 0.0300. The molecule has 0 aromatic rings. The standard InChI is InChI=1S/C6H16NO5P/c7-1-2-11-3-4-12-5-6-13(8,9)10/h1-7H2,(H2,8,9,10). The predicted molar refractivity (Wildman–Crippen MR) is 47.6 cm³/mol. The lowest BCUT2D eigenvalue weighted by molar-refractivity contribution is 0.0557. The van der Waals surface area contributed by atoms with Crippen molar-refractivity contribution in [1.29, 1.82) is 0 Å². The summed E-state index contributed by atoms with van der Waals surface area (Å²) in [6.07, 6.45) is -0.246. The van der Waals surface area contributed by atoms with Gasteiger partial charge in [0.15, 0.2) is 0 Å². The predicted octanol–water partition coefficient (Wildman–Crippen LogP) is -0.844. The van der Waals surface area contributed by atoms with Crippen LogP contribution in [0.4, 0.5) is 0 Å². The van der Waals surface area contributed by atoms with Crippen molar-refractivity contribution in [3.8, 4) is 0 Å². The molecular formula is C6H16NO5P. The molecule has 0 heterocycles. The molecule has 13 heavy (non-hydrogen) atoms. The summed E-state index contributed by atoms with van der Waals surface area (Å²) >= 11 is 0. The van der Waals surface area contributed by atoms with E-state index in [1.165, 1.54) is 0 Å². The van der Waals surface area contributed by atoms with Crippen molar-refractivity contribution in [3.63, 3.8) is 0 Å². The Morgan fingerprint density at radius 3 is 2.08 bits per heavy atom. The highest BCUT2D eigenvalue weighted by atomic mass is 31.2. The average Bonchev–Trinajstić information content (AvgIpc) is 2.01. The maximum atomic E-state index is 10.3. The maximum absolute atomic E-state index is 10.3. The van der Waals surface area contributed by atoms with Gasteiger partial charge in [0.2, 0.25) is 0 Å². The number of hydrogen-bond donors (Lipinski definition) is 3. The van der Waals surface area contributed by atoms with Gasteiger partial charge in [0.05, 0.1) is 32.6 Å². The molecule has 4 N–H and O–H groups in total. The minimum Gasteiger partial charge on any atom is -0.378 e. The van der Waals surface area contributed by atoms with Crippen LogP contribution in [0, 0.1) is 0 Å². The van der Waals surface area contributed by atoms with Crippen molar-refractivity contribution >= 4 is 7.60 Å². The minimum absolute atomic E-state index is 0.0518. The zero-order valence-corrected chi connectivity index (χ0v) is 8.28. The molecule has 80 valence electrons. The van der Waals surface area contributed by atoms with E-state index in [9.17, 15) is 4.57 Å². The zero-order valence-electron chi connectivity index (χ0n) is 7.39. The monoisotopic (exact) mass is 213 g/mol. The van der Waals surface area contributed by atoms with Crippen LogP contribution in [0.2, 0.25) is 0 Å². The van der Waals surface area contributed by atoms with Gasteiger partial charge < -0.3 is 25.0 Å². The highest BCUT2D eigenvalue weighted by Gasteiger charge is 2.11. The van der Waals surface area contributed by atoms with Gasteiger partial charge in [0.1, 0.15) is 0 Å². The molecule has 0 amide bonds. The molecule has 6 nitrogen and oxygen atoms in total. The summed E-state index contributed by atoms with van der Waals surface area (Å²) in [6.45, 7) is 1.72. The topological polar surface area (TPSA) is 102 Å². The van der Waals surface area contributed by atoms with Crippen molar-refractivity contribution in [2.75, 3.05) is 39.1 Å². The summed E-state index contributed by atoms with van der Waals surface area (Å²) in [5.41, 5.74) is 5.16. The summed E-state index contributed by atoms with van der Waals surface area (Å²) in [6, 6.07) is 0. The Kier molecular flexibility index (Phi) is 7.45. The van der Waals surface area contributed by atoms with E-state index in [-0.39, 0.29) is 12.8 Å². The third kappa shape index (κ3) is 12.0. The van der Waals surface area contributed by atoms with E-state index >= 15 is 0 Å². The lowest BCUT2D eigenvalue weighted by Gasteiger charge is -2.05. The highest BCUT2D eigenvalue weighted by molar-refractivity contribution is 7.51. The maximum Gasteiger partial charge on any atom is 0.327 e. The molecule has 0 aliphatic rings. The molecule has 0 aliphatic carbocycles. The van der Waals surface area contributed by atoms with Gasteiger partial charge in [0, 0.05) is 6.54 Å². The minimum atomic E-state index is -3.91. The summed E-state index contributed by atoms with van der Waals surface area (Å²) in [7, 11) is -3.91. The van der Waals surface area contributed by atoms with E-state index in [2.05, 4.69) is 0 Å². The van der Waals surface area contributed by atoms with Crippen molar-refractivity contribution in [2.45, 2.75) is 0 Å². The lowest BCUT2D eigenvalue weighted by Crippen LogP contribution is -2.13. The molecule has 0 aromatic carbocycles. The lowest BCUT2D eigenvalue weighted by atomic mass is 10.7. The highest BCUT2D eigenvalue weighted by Crippen LogP contribution is 2.33. The van der Waals surface area contributed by atoms with Crippen molar-refractivity contribution < 1.29 is 23.8 Å². The summed E-state index contributed by atoms with van der Waals surface area (Å²) < 4.78 is 20.2. The molecule has 0 bridgehead atoms. The molecule has 0 saturated carbocycles. The summed E-state index contributed by atoms with van der Waals surface area (Å²) in [5.74, 6) is 0. The van der Waals surface area contributed by atoms with E-state index in [4.69, 9.17) is 25.0 Å². The number of ether oxygens (including phenoxy) is 2. The first-order chi connectivity index (χ1) is 6.06. The van der Waals surface area contributed by atoms with E-state index < -0.39 is 7.60 Å². The number of rotatable bonds is 8. The second-order valence-corrected chi connectivity index (χ2v) is 4.18. The number of nitrogens with two attached hydrogens (primary N) is 1. The van der Waals surface area contributed by atoms with Crippen LogP contribution in [0.25, 0.3) is 0 Å². The first-order valence-electron chi connectivity index (χ1n) is 3.96. The van der Waals surface area contributed by atoms with Gasteiger partial charge in [-0.2, -0.15) is 0 Å². The van der Waals surface area contributed by atoms with Crippen LogP contribution in [0.15, 0.2) is 0 Å². The fourth-order valence-electron chi connectivity index (χ4n) is 0.589. The molecule has 7 heteroatoms. The van der Waals surface area contributed by atoms with Gasteiger partial charge in [-0.3, -0.25) is 4.57 Å². The molecule has 0 aliphatic heterocycles. The number of hydrogen-bond acceptors (Lipinski definition) is 4. The summed E-state index contributed by atoms with van der Waals surface area (Å²) in [4.78, 5) is 16.9. The Bertz CT molecular complexity index is 159. The molecule has 0 spiro atoms. The zero-order chi connectivity index (χ0) is 10.2. The fraction of sp³-hybridized carbons (Fsp3) is 1.00. The van der Waals surface area contributed by atoms with Gasteiger partial charge in [-0.15, -0.1) is 0 Å². The van der Waals surface area contributed by atoms with E-state index in [1.54, 1.807) is 0 Å². The quantitative estimate of drug-likeness (QED) is 0.359. The van der Waals surface area contributed by atoms with Crippen LogP contribution in [-0.4, -0.2) is 48.9 Å². The molecule has 0 unspecified atom stereocenters. The third-order valence-electron chi connectivity index (χ3n) is 1.16. The molecule has 0 radical (unpaired) electrons. The largest absolute Gasteiger partial charge is 0.378 e. The second kappa shape index (κ2) is 7.44. The van der Waals surface area contributed by atoms with Crippen LogP contribution >= 0.6 is 7.60 Å². The van der Waals surface area contributed by atoms with E-state index in [1.807, 2.05) is 0 Å². The smallest absolute Gasteiger partial charge is 0.327 e. The average molecular weight is 213 g/mol. The van der Waals surface area contributed by atoms with Crippen molar-refractivity contribution in [2.24, 2.45) is 5.73 Å². The molecular weight excluding hydrogens is 197 g/mol. The van der Waals surface area contributed by atoms with Gasteiger partial charge in [-0.1, -0.05) is 0 Å². The van der Waals surface area contributed by atoms with Crippen molar-refractivity contribution in [3.05, 3.63) is 0 Å². The normalized spacial score (nSPS) is 11.9. The molecule has 0 rings (SSSR count). The van der Waals surface area contributed by atoms with E-state index in [0.717, 1.165) is 0 Å². The van der Waals surface area contributed by atoms with Gasteiger partial charge in [0.25, 0.3) is 0 Å². The second-order valence-electron chi connectivity index (χ2n) is 2.40. The van der Waals surface area contributed by atoms with Crippen LogP contribution in [0.1, 0.15) is 0 Å². The Labute approximate surface area is 77.2 Å². The third-order valence-corrected chi connectivity index (χ3v) is 1.93. The molecule has 0 aromatic heterocycles. The van der Waals surface area contributed by atoms with Crippen LogP contribution in [-0.2, 0) is 14.0 Å². The van der Waals surface area contributed by atoms with Crippen LogP contribution < -0.4 is 5.73 Å². The Morgan fingerprint density at radius 1 is 1.08 bits per heavy atom. The van der Waals surface area contributed by atoms with Gasteiger partial charge in [-0.25, -0.2) is 0 Å². The van der Waals surface area contributed by atoms with Crippen LogP contribution in [0.5, 0.6) is 0 Å². The van der Waals surface area contributed by atoms with Crippen molar-refractivity contribution in [1.82, 2.24) is 0 Å². The molecule has 0 saturated heterocycles. The van der Waals surface area contributed by atoms with Gasteiger partial charge >= 0.3 is 7.60 Å². The SMILES string of the molecule is NCCOCCOCCP(=O)(O)O. The first-order valence-corrected chi connectivity index (χ1v) is 5.76. The Balaban J connectivity index is 3.04. The summed E-state index contributed by atoms with van der Waals surface area (Å²) in [5, 5.41) is 0. The van der Waals surface area contributed by atoms with Crippen LogP contribution in [0.3, 0.4) is 0 Å². The fourth-order valence-corrected chi connectivity index (χ4v) is 0.956. The first kappa shape index (κ1) is 13.0.